The Hall–Kier alpha value is -3.20. The van der Waals surface area contributed by atoms with Crippen LogP contribution in [0, 0.1) is 17.8 Å². The summed E-state index contributed by atoms with van der Waals surface area (Å²) in [5, 5.41) is 3.84. The van der Waals surface area contributed by atoms with Crippen molar-refractivity contribution in [2.24, 2.45) is 17.8 Å². The number of rotatable bonds is 8. The number of nitrogens with zero attached hydrogens (tertiary/aromatic N) is 1. The van der Waals surface area contributed by atoms with Gasteiger partial charge < -0.3 is 24.7 Å². The zero-order valence-electron chi connectivity index (χ0n) is 22.4. The van der Waals surface area contributed by atoms with Crippen LogP contribution in [-0.4, -0.2) is 71.7 Å². The lowest BCUT2D eigenvalue weighted by Gasteiger charge is -2.30. The minimum absolute atomic E-state index is 0.0551. The molecule has 39 heavy (non-hydrogen) atoms. The minimum Gasteiger partial charge on any atom is -0.496 e. The third-order valence-corrected chi connectivity index (χ3v) is 9.35. The zero-order valence-corrected chi connectivity index (χ0v) is 22.4. The Morgan fingerprint density at radius 3 is 2.77 bits per heavy atom. The average Bonchev–Trinajstić information content (AvgIpc) is 3.75. The molecule has 6 rings (SSSR count). The van der Waals surface area contributed by atoms with Gasteiger partial charge in [-0.15, -0.1) is 0 Å². The Labute approximate surface area is 228 Å². The Kier molecular flexibility index (Phi) is 7.18. The molecule has 2 aliphatic heterocycles. The topological polar surface area (TPSA) is 118 Å². The van der Waals surface area contributed by atoms with Gasteiger partial charge in [0.2, 0.25) is 5.91 Å². The number of hydrogen-bond donors (Lipinski definition) is 2. The molecule has 2 amide bonds. The van der Waals surface area contributed by atoms with E-state index in [1.54, 1.807) is 18.1 Å². The van der Waals surface area contributed by atoms with Crippen molar-refractivity contribution < 1.29 is 28.7 Å². The van der Waals surface area contributed by atoms with Gasteiger partial charge in [-0.2, -0.15) is 0 Å². The number of ketones is 2. The van der Waals surface area contributed by atoms with Gasteiger partial charge in [0, 0.05) is 36.4 Å². The Morgan fingerprint density at radius 2 is 2.03 bits per heavy atom. The lowest BCUT2D eigenvalue weighted by atomic mass is 9.90. The molecule has 1 aromatic heterocycles. The molecule has 4 fully saturated rings. The number of Topliss-reactive ketones (excluding diaryl/α,β-unsaturated/α-hetero) is 2. The number of fused-ring (bicyclic) bond motifs is 2. The summed E-state index contributed by atoms with van der Waals surface area (Å²) in [6, 6.07) is 5.95. The first-order valence-electron chi connectivity index (χ1n) is 14.4. The molecule has 0 bridgehead atoms. The van der Waals surface area contributed by atoms with Crippen LogP contribution >= 0.6 is 0 Å². The highest BCUT2D eigenvalue weighted by atomic mass is 16.5. The predicted molar refractivity (Wildman–Crippen MR) is 143 cm³/mol. The van der Waals surface area contributed by atoms with Crippen molar-refractivity contribution in [3.05, 3.63) is 30.0 Å². The van der Waals surface area contributed by atoms with Crippen LogP contribution < -0.4 is 10.1 Å². The second-order valence-corrected chi connectivity index (χ2v) is 11.6. The number of carbonyl (C=O) groups excluding carboxylic acids is 4. The van der Waals surface area contributed by atoms with E-state index in [9.17, 15) is 19.2 Å². The molecule has 6 unspecified atom stereocenters. The number of likely N-dealkylation sites (tertiary alicyclic amines) is 1. The standard InChI is InChI=1S/C30H37N3O6/c1-38-25-11-4-9-21-20(25)15-23(31-21)30(37)33-16-18-7-2-8-19(18)27(33)29(36)32-22(14-17-6-3-10-24(17)34)28(35)26-12-5-13-39-26/h4,9,11,15,17-19,22,26-27,31H,2-3,5-8,10,12-14,16H2,1H3,(H,32,36). The van der Waals surface area contributed by atoms with E-state index in [0.717, 1.165) is 49.4 Å². The van der Waals surface area contributed by atoms with Crippen molar-refractivity contribution in [3.8, 4) is 5.75 Å². The molecule has 0 spiro atoms. The van der Waals surface area contributed by atoms with Crippen LogP contribution in [0.15, 0.2) is 24.3 Å². The maximum atomic E-state index is 14.0. The molecule has 9 nitrogen and oxygen atoms in total. The van der Waals surface area contributed by atoms with Gasteiger partial charge >= 0.3 is 0 Å². The van der Waals surface area contributed by atoms with Gasteiger partial charge in [-0.25, -0.2) is 0 Å². The summed E-state index contributed by atoms with van der Waals surface area (Å²) < 4.78 is 11.1. The maximum Gasteiger partial charge on any atom is 0.271 e. The normalized spacial score (nSPS) is 29.1. The number of carbonyl (C=O) groups is 4. The monoisotopic (exact) mass is 535 g/mol. The van der Waals surface area contributed by atoms with Gasteiger partial charge in [0.25, 0.3) is 5.91 Å². The van der Waals surface area contributed by atoms with E-state index in [2.05, 4.69) is 10.3 Å². The summed E-state index contributed by atoms with van der Waals surface area (Å²) in [7, 11) is 1.60. The van der Waals surface area contributed by atoms with Crippen molar-refractivity contribution in [2.45, 2.75) is 76.0 Å². The third kappa shape index (κ3) is 4.86. The lowest BCUT2D eigenvalue weighted by Crippen LogP contribution is -2.54. The molecule has 4 aliphatic rings. The number of methoxy groups -OCH3 is 1. The second-order valence-electron chi connectivity index (χ2n) is 11.6. The molecule has 208 valence electrons. The minimum atomic E-state index is -0.789. The molecule has 9 heteroatoms. The van der Waals surface area contributed by atoms with E-state index >= 15 is 0 Å². The molecule has 2 N–H and O–H groups in total. The van der Waals surface area contributed by atoms with Crippen molar-refractivity contribution in [2.75, 3.05) is 20.3 Å². The number of ether oxygens (including phenoxy) is 2. The van der Waals surface area contributed by atoms with Crippen LogP contribution in [0.3, 0.4) is 0 Å². The summed E-state index contributed by atoms with van der Waals surface area (Å²) in [6.07, 6.45) is 6.17. The fraction of sp³-hybridized carbons (Fsp3) is 0.600. The number of hydrogen-bond acceptors (Lipinski definition) is 6. The van der Waals surface area contributed by atoms with Gasteiger partial charge in [0.15, 0.2) is 5.78 Å². The quantitative estimate of drug-likeness (QED) is 0.535. The SMILES string of the molecule is COc1cccc2[nH]c(C(=O)N3CC4CCCC4C3C(=O)NC(CC3CCCC3=O)C(=O)C3CCCO3)cc12. The number of benzene rings is 1. The van der Waals surface area contributed by atoms with Gasteiger partial charge in [0.1, 0.15) is 29.4 Å². The first kappa shape index (κ1) is 26.0. The molecule has 2 aromatic rings. The summed E-state index contributed by atoms with van der Waals surface area (Å²) >= 11 is 0. The fourth-order valence-electron chi connectivity index (χ4n) is 7.38. The molecule has 3 heterocycles. The second kappa shape index (κ2) is 10.8. The molecule has 0 radical (unpaired) electrons. The molecule has 2 saturated heterocycles. The van der Waals surface area contributed by atoms with Gasteiger partial charge in [-0.1, -0.05) is 12.5 Å². The van der Waals surface area contributed by atoms with Crippen molar-refractivity contribution in [3.63, 3.8) is 0 Å². The smallest absolute Gasteiger partial charge is 0.271 e. The van der Waals surface area contributed by atoms with Crippen molar-refractivity contribution in [1.29, 1.82) is 0 Å². The summed E-state index contributed by atoms with van der Waals surface area (Å²) in [4.78, 5) is 58.6. The highest BCUT2D eigenvalue weighted by Gasteiger charge is 2.50. The van der Waals surface area contributed by atoms with Gasteiger partial charge in [0.05, 0.1) is 13.2 Å². The van der Waals surface area contributed by atoms with Crippen LogP contribution in [-0.2, 0) is 19.1 Å². The highest BCUT2D eigenvalue weighted by Crippen LogP contribution is 2.43. The first-order valence-corrected chi connectivity index (χ1v) is 14.4. The van der Waals surface area contributed by atoms with E-state index in [4.69, 9.17) is 9.47 Å². The Balaban J connectivity index is 1.26. The largest absolute Gasteiger partial charge is 0.496 e. The van der Waals surface area contributed by atoms with Crippen LogP contribution in [0.5, 0.6) is 5.75 Å². The average molecular weight is 536 g/mol. The number of H-pyrrole nitrogens is 1. The number of nitrogens with one attached hydrogen (secondary N) is 2. The summed E-state index contributed by atoms with van der Waals surface area (Å²) in [6.45, 7) is 1.04. The Bertz CT molecular complexity index is 1280. The molecular formula is C30H37N3O6. The molecule has 2 saturated carbocycles. The van der Waals surface area contributed by atoms with E-state index in [1.165, 1.54) is 0 Å². The van der Waals surface area contributed by atoms with Crippen LogP contribution in [0.25, 0.3) is 10.9 Å². The zero-order chi connectivity index (χ0) is 27.1. The van der Waals surface area contributed by atoms with Crippen LogP contribution in [0.2, 0.25) is 0 Å². The molecule has 2 aliphatic carbocycles. The van der Waals surface area contributed by atoms with E-state index < -0.39 is 18.2 Å². The summed E-state index contributed by atoms with van der Waals surface area (Å²) in [5.74, 6) is 0.255. The lowest BCUT2D eigenvalue weighted by molar-refractivity contribution is -0.136. The summed E-state index contributed by atoms with van der Waals surface area (Å²) in [5.41, 5.74) is 1.21. The highest BCUT2D eigenvalue weighted by molar-refractivity contribution is 6.02. The van der Waals surface area contributed by atoms with Crippen molar-refractivity contribution >= 4 is 34.3 Å². The Morgan fingerprint density at radius 1 is 1.15 bits per heavy atom. The molecular weight excluding hydrogens is 498 g/mol. The number of aromatic nitrogens is 1. The van der Waals surface area contributed by atoms with E-state index in [-0.39, 0.29) is 41.1 Å². The molecule has 6 atom stereocenters. The third-order valence-electron chi connectivity index (χ3n) is 9.35. The predicted octanol–water partition coefficient (Wildman–Crippen LogP) is 3.41. The maximum absolute atomic E-state index is 14.0. The first-order chi connectivity index (χ1) is 18.9. The van der Waals surface area contributed by atoms with Crippen LogP contribution in [0.1, 0.15) is 68.3 Å². The number of amides is 2. The van der Waals surface area contributed by atoms with Crippen LogP contribution in [0.4, 0.5) is 0 Å². The van der Waals surface area contributed by atoms with E-state index in [0.29, 0.717) is 43.9 Å². The fourth-order valence-corrected chi connectivity index (χ4v) is 7.38. The van der Waals surface area contributed by atoms with Gasteiger partial charge in [-0.05, 0) is 75.0 Å². The van der Waals surface area contributed by atoms with E-state index in [1.807, 2.05) is 18.2 Å². The van der Waals surface area contributed by atoms with Gasteiger partial charge in [-0.3, -0.25) is 19.2 Å². The van der Waals surface area contributed by atoms with Crippen molar-refractivity contribution in [1.82, 2.24) is 15.2 Å². The molecule has 1 aromatic carbocycles. The number of aromatic amines is 1.